The maximum absolute atomic E-state index is 11.2. The van der Waals surface area contributed by atoms with Crippen LogP contribution >= 0.6 is 11.6 Å². The molecule has 5 nitrogen and oxygen atoms in total. The van der Waals surface area contributed by atoms with Crippen LogP contribution in [0.25, 0.3) is 0 Å². The molecule has 19 heavy (non-hydrogen) atoms. The highest BCUT2D eigenvalue weighted by molar-refractivity contribution is 6.32. The van der Waals surface area contributed by atoms with E-state index in [1.54, 1.807) is 24.3 Å². The van der Waals surface area contributed by atoms with Gasteiger partial charge in [0.05, 0.1) is 18.3 Å². The van der Waals surface area contributed by atoms with Crippen molar-refractivity contribution in [3.63, 3.8) is 0 Å². The molecule has 0 saturated carbocycles. The number of carbonyl (C=O) groups is 1. The van der Waals surface area contributed by atoms with Crippen molar-refractivity contribution in [3.8, 4) is 11.5 Å². The number of benzene rings is 1. The molecule has 0 atom stereocenters. The van der Waals surface area contributed by atoms with Crippen LogP contribution in [-0.4, -0.2) is 18.1 Å². The molecular weight excluding hydrogens is 268 g/mol. The van der Waals surface area contributed by atoms with Gasteiger partial charge in [-0.05, 0) is 30.3 Å². The summed E-state index contributed by atoms with van der Waals surface area (Å²) in [5, 5.41) is 0.400. The van der Waals surface area contributed by atoms with Gasteiger partial charge in [0.1, 0.15) is 17.2 Å². The molecule has 1 aromatic carbocycles. The molecule has 0 spiro atoms. The molecule has 0 fully saturated rings. The van der Waals surface area contributed by atoms with E-state index in [0.29, 0.717) is 22.2 Å². The summed E-state index contributed by atoms with van der Waals surface area (Å²) in [6.45, 7) is 0. The molecule has 0 unspecified atom stereocenters. The minimum Gasteiger partial charge on any atom is -0.464 e. The summed E-state index contributed by atoms with van der Waals surface area (Å²) >= 11 is 5.98. The fourth-order valence-electron chi connectivity index (χ4n) is 1.39. The Morgan fingerprint density at radius 3 is 2.68 bits per heavy atom. The van der Waals surface area contributed by atoms with Crippen LogP contribution in [0, 0.1) is 0 Å². The Balaban J connectivity index is 2.17. The van der Waals surface area contributed by atoms with E-state index >= 15 is 0 Å². The monoisotopic (exact) mass is 278 g/mol. The molecule has 6 heteroatoms. The number of nitrogens with zero attached hydrogens (tertiary/aromatic N) is 1. The van der Waals surface area contributed by atoms with Crippen molar-refractivity contribution in [2.45, 2.75) is 0 Å². The number of rotatable bonds is 3. The second-order valence-corrected chi connectivity index (χ2v) is 4.07. The normalized spacial score (nSPS) is 10.0. The average molecular weight is 279 g/mol. The third kappa shape index (κ3) is 3.14. The van der Waals surface area contributed by atoms with E-state index in [2.05, 4.69) is 9.72 Å². The van der Waals surface area contributed by atoms with Crippen molar-refractivity contribution in [2.75, 3.05) is 12.8 Å². The van der Waals surface area contributed by atoms with E-state index in [9.17, 15) is 4.79 Å². The summed E-state index contributed by atoms with van der Waals surface area (Å²) < 4.78 is 10.1. The van der Waals surface area contributed by atoms with Crippen molar-refractivity contribution >= 4 is 23.3 Å². The van der Waals surface area contributed by atoms with Crippen LogP contribution in [0.5, 0.6) is 11.5 Å². The highest BCUT2D eigenvalue weighted by atomic mass is 35.5. The van der Waals surface area contributed by atoms with E-state index in [1.165, 1.54) is 19.4 Å². The zero-order valence-electron chi connectivity index (χ0n) is 10.1. The molecule has 1 heterocycles. The van der Waals surface area contributed by atoms with Gasteiger partial charge in [-0.15, -0.1) is 0 Å². The Morgan fingerprint density at radius 2 is 2.11 bits per heavy atom. The first-order chi connectivity index (χ1) is 9.10. The van der Waals surface area contributed by atoms with Crippen molar-refractivity contribution in [3.05, 3.63) is 47.2 Å². The molecule has 98 valence electrons. The number of anilines is 1. The number of hydrogen-bond acceptors (Lipinski definition) is 5. The summed E-state index contributed by atoms with van der Waals surface area (Å²) in [5.74, 6) is 0.417. The molecule has 0 bridgehead atoms. The number of esters is 1. The molecule has 2 rings (SSSR count). The van der Waals surface area contributed by atoms with Crippen molar-refractivity contribution in [1.82, 2.24) is 4.98 Å². The van der Waals surface area contributed by atoms with Crippen LogP contribution in [0.15, 0.2) is 36.5 Å². The molecule has 0 amide bonds. The third-order valence-corrected chi connectivity index (χ3v) is 2.61. The van der Waals surface area contributed by atoms with Crippen molar-refractivity contribution in [2.24, 2.45) is 0 Å². The number of methoxy groups -OCH3 is 1. The Hall–Kier alpha value is -2.27. The summed E-state index contributed by atoms with van der Waals surface area (Å²) in [6.07, 6.45) is 1.42. The fourth-order valence-corrected chi connectivity index (χ4v) is 1.62. The van der Waals surface area contributed by atoms with Gasteiger partial charge in [0.2, 0.25) is 0 Å². The van der Waals surface area contributed by atoms with E-state index in [1.807, 2.05) is 0 Å². The lowest BCUT2D eigenvalue weighted by atomic mass is 10.3. The minimum atomic E-state index is -0.503. The van der Waals surface area contributed by atoms with E-state index in [4.69, 9.17) is 22.1 Å². The number of aromatic nitrogens is 1. The van der Waals surface area contributed by atoms with Gasteiger partial charge in [0.25, 0.3) is 0 Å². The maximum Gasteiger partial charge on any atom is 0.356 e. The number of ether oxygens (including phenoxy) is 2. The SMILES string of the molecule is COC(=O)c1ccc(Oc2ccc(N)cc2Cl)cn1. The Morgan fingerprint density at radius 1 is 1.32 bits per heavy atom. The van der Waals surface area contributed by atoms with E-state index in [0.717, 1.165) is 0 Å². The smallest absolute Gasteiger partial charge is 0.356 e. The molecule has 0 radical (unpaired) electrons. The van der Waals surface area contributed by atoms with Crippen LogP contribution in [-0.2, 0) is 4.74 Å². The lowest BCUT2D eigenvalue weighted by molar-refractivity contribution is 0.0594. The molecular formula is C13H11ClN2O3. The topological polar surface area (TPSA) is 74.4 Å². The zero-order chi connectivity index (χ0) is 13.8. The number of carbonyl (C=O) groups excluding carboxylic acids is 1. The van der Waals surface area contributed by atoms with Crippen molar-refractivity contribution < 1.29 is 14.3 Å². The Labute approximate surface area is 114 Å². The van der Waals surface area contributed by atoms with Crippen LogP contribution < -0.4 is 10.5 Å². The van der Waals surface area contributed by atoms with Gasteiger partial charge in [0.15, 0.2) is 0 Å². The first kappa shape index (κ1) is 13.2. The Kier molecular flexibility index (Phi) is 3.87. The van der Waals surface area contributed by atoms with Crippen LogP contribution in [0.1, 0.15) is 10.5 Å². The molecule has 2 N–H and O–H groups in total. The number of nitrogens with two attached hydrogens (primary N) is 1. The average Bonchev–Trinajstić information content (AvgIpc) is 2.42. The summed E-state index contributed by atoms with van der Waals surface area (Å²) in [7, 11) is 1.29. The minimum absolute atomic E-state index is 0.207. The second-order valence-electron chi connectivity index (χ2n) is 3.66. The largest absolute Gasteiger partial charge is 0.464 e. The maximum atomic E-state index is 11.2. The quantitative estimate of drug-likeness (QED) is 0.690. The van der Waals surface area contributed by atoms with E-state index in [-0.39, 0.29) is 5.69 Å². The number of nitrogen functional groups attached to an aromatic ring is 1. The van der Waals surface area contributed by atoms with Gasteiger partial charge < -0.3 is 15.2 Å². The van der Waals surface area contributed by atoms with Crippen molar-refractivity contribution in [1.29, 1.82) is 0 Å². The predicted octanol–water partition coefficient (Wildman–Crippen LogP) is 2.90. The molecule has 0 aliphatic heterocycles. The fraction of sp³-hybridized carbons (Fsp3) is 0.0769. The van der Waals surface area contributed by atoms with Crippen LogP contribution in [0.4, 0.5) is 5.69 Å². The summed E-state index contributed by atoms with van der Waals surface area (Å²) in [4.78, 5) is 15.1. The van der Waals surface area contributed by atoms with Gasteiger partial charge >= 0.3 is 5.97 Å². The predicted molar refractivity (Wildman–Crippen MR) is 71.5 cm³/mol. The highest BCUT2D eigenvalue weighted by Gasteiger charge is 2.08. The number of hydrogen-bond donors (Lipinski definition) is 1. The number of halogens is 1. The van der Waals surface area contributed by atoms with Gasteiger partial charge in [-0.25, -0.2) is 9.78 Å². The van der Waals surface area contributed by atoms with Gasteiger partial charge in [-0.3, -0.25) is 0 Å². The Bertz CT molecular complexity index is 599. The lowest BCUT2D eigenvalue weighted by Crippen LogP contribution is -2.03. The molecule has 2 aromatic rings. The summed E-state index contributed by atoms with van der Waals surface area (Å²) in [5.41, 5.74) is 6.34. The first-order valence-corrected chi connectivity index (χ1v) is 5.75. The molecule has 0 aliphatic rings. The number of pyridine rings is 1. The van der Waals surface area contributed by atoms with Gasteiger partial charge in [-0.1, -0.05) is 11.6 Å². The third-order valence-electron chi connectivity index (χ3n) is 2.31. The van der Waals surface area contributed by atoms with Crippen LogP contribution in [0.3, 0.4) is 0 Å². The summed E-state index contributed by atoms with van der Waals surface area (Å²) in [6, 6.07) is 8.04. The highest BCUT2D eigenvalue weighted by Crippen LogP contribution is 2.30. The lowest BCUT2D eigenvalue weighted by Gasteiger charge is -2.08. The zero-order valence-corrected chi connectivity index (χ0v) is 10.8. The standard InChI is InChI=1S/C13H11ClN2O3/c1-18-13(17)11-4-3-9(7-16-11)19-12-5-2-8(15)6-10(12)14/h2-7H,15H2,1H3. The van der Waals surface area contributed by atoms with E-state index < -0.39 is 5.97 Å². The second kappa shape index (κ2) is 5.58. The van der Waals surface area contributed by atoms with Crippen LogP contribution in [0.2, 0.25) is 5.02 Å². The van der Waals surface area contributed by atoms with Gasteiger partial charge in [0, 0.05) is 5.69 Å². The first-order valence-electron chi connectivity index (χ1n) is 5.37. The molecule has 0 saturated heterocycles. The molecule has 1 aromatic heterocycles. The molecule has 0 aliphatic carbocycles. The van der Waals surface area contributed by atoms with Gasteiger partial charge in [-0.2, -0.15) is 0 Å².